The van der Waals surface area contributed by atoms with Gasteiger partial charge < -0.3 is 15.2 Å². The molecular formula is C17H15NO3S. The largest absolute Gasteiger partial charge is 0.497 e. The van der Waals surface area contributed by atoms with Gasteiger partial charge in [-0.25, -0.2) is 0 Å². The van der Waals surface area contributed by atoms with Crippen molar-refractivity contribution in [1.82, 2.24) is 0 Å². The highest BCUT2D eigenvalue weighted by molar-refractivity contribution is 7.21. The molecule has 0 unspecified atom stereocenters. The number of carbonyl (C=O) groups excluding carboxylic acids is 1. The minimum absolute atomic E-state index is 0.379. The number of fused-ring (bicyclic) bond motifs is 1. The number of thiophene rings is 1. The molecule has 1 aromatic heterocycles. The summed E-state index contributed by atoms with van der Waals surface area (Å²) in [6, 6.07) is 15.4. The predicted molar refractivity (Wildman–Crippen MR) is 87.7 cm³/mol. The Labute approximate surface area is 132 Å². The molecule has 3 rings (SSSR count). The molecule has 2 aromatic carbocycles. The molecule has 4 nitrogen and oxygen atoms in total. The third-order valence-corrected chi connectivity index (χ3v) is 4.47. The van der Waals surface area contributed by atoms with E-state index in [4.69, 9.17) is 15.2 Å². The molecule has 5 heteroatoms. The van der Waals surface area contributed by atoms with Gasteiger partial charge in [-0.2, -0.15) is 0 Å². The Morgan fingerprint density at radius 1 is 1.18 bits per heavy atom. The highest BCUT2D eigenvalue weighted by Crippen LogP contribution is 2.39. The summed E-state index contributed by atoms with van der Waals surface area (Å²) in [5, 5.41) is 0.842. The van der Waals surface area contributed by atoms with E-state index in [2.05, 4.69) is 0 Å². The zero-order chi connectivity index (χ0) is 15.5. The third-order valence-electron chi connectivity index (χ3n) is 3.30. The molecule has 0 radical (unpaired) electrons. The van der Waals surface area contributed by atoms with Gasteiger partial charge in [-0.15, -0.1) is 11.3 Å². The van der Waals surface area contributed by atoms with Crippen LogP contribution in [0, 0.1) is 0 Å². The van der Waals surface area contributed by atoms with Gasteiger partial charge in [-0.3, -0.25) is 4.79 Å². The second kappa shape index (κ2) is 6.07. The second-order valence-electron chi connectivity index (χ2n) is 4.76. The molecule has 0 atom stereocenters. The average molecular weight is 313 g/mol. The van der Waals surface area contributed by atoms with E-state index in [9.17, 15) is 4.79 Å². The number of amides is 1. The molecule has 112 valence electrons. The molecule has 0 aliphatic rings. The first kappa shape index (κ1) is 14.4. The van der Waals surface area contributed by atoms with Crippen molar-refractivity contribution >= 4 is 27.3 Å². The van der Waals surface area contributed by atoms with Crippen molar-refractivity contribution in [1.29, 1.82) is 0 Å². The van der Waals surface area contributed by atoms with Gasteiger partial charge in [0.1, 0.15) is 17.2 Å². The molecule has 0 saturated carbocycles. The van der Waals surface area contributed by atoms with Crippen LogP contribution in [0.5, 0.6) is 11.5 Å². The first-order chi connectivity index (χ1) is 10.7. The van der Waals surface area contributed by atoms with Crippen LogP contribution in [0.4, 0.5) is 0 Å². The van der Waals surface area contributed by atoms with Crippen LogP contribution in [0.2, 0.25) is 0 Å². The zero-order valence-corrected chi connectivity index (χ0v) is 12.9. The minimum atomic E-state index is -0.483. The highest BCUT2D eigenvalue weighted by Gasteiger charge is 2.18. The molecular weight excluding hydrogens is 298 g/mol. The maximum atomic E-state index is 11.7. The predicted octanol–water partition coefficient (Wildman–Crippen LogP) is 3.59. The number of hydrogen-bond donors (Lipinski definition) is 1. The van der Waals surface area contributed by atoms with E-state index >= 15 is 0 Å². The van der Waals surface area contributed by atoms with Crippen LogP contribution in [-0.4, -0.2) is 13.0 Å². The smallest absolute Gasteiger partial charge is 0.262 e. The van der Waals surface area contributed by atoms with Gasteiger partial charge in [0.2, 0.25) is 0 Å². The fourth-order valence-electron chi connectivity index (χ4n) is 2.22. The Kier molecular flexibility index (Phi) is 3.98. The number of methoxy groups -OCH3 is 1. The molecule has 0 spiro atoms. The molecule has 1 amide bonds. The van der Waals surface area contributed by atoms with E-state index in [1.165, 1.54) is 11.3 Å². The molecule has 0 saturated heterocycles. The Morgan fingerprint density at radius 3 is 2.64 bits per heavy atom. The number of hydrogen-bond acceptors (Lipinski definition) is 4. The van der Waals surface area contributed by atoms with Crippen molar-refractivity contribution in [2.45, 2.75) is 6.61 Å². The summed E-state index contributed by atoms with van der Waals surface area (Å²) >= 11 is 1.33. The lowest BCUT2D eigenvalue weighted by Crippen LogP contribution is -2.10. The fraction of sp³-hybridized carbons (Fsp3) is 0.118. The standard InChI is InChI=1S/C17H15NO3S/c1-20-12-7-8-14-13(9-12)15(16(22-14)17(18)19)21-10-11-5-3-2-4-6-11/h2-9H,10H2,1H3,(H2,18,19). The SMILES string of the molecule is COc1ccc2sc(C(N)=O)c(OCc3ccccc3)c2c1. The van der Waals surface area contributed by atoms with Crippen LogP contribution in [0.1, 0.15) is 15.2 Å². The van der Waals surface area contributed by atoms with Crippen LogP contribution < -0.4 is 15.2 Å². The van der Waals surface area contributed by atoms with Gasteiger partial charge in [-0.05, 0) is 23.8 Å². The molecule has 1 heterocycles. The zero-order valence-electron chi connectivity index (χ0n) is 12.0. The highest BCUT2D eigenvalue weighted by atomic mass is 32.1. The van der Waals surface area contributed by atoms with Crippen molar-refractivity contribution in [2.24, 2.45) is 5.73 Å². The van der Waals surface area contributed by atoms with Gasteiger partial charge in [-0.1, -0.05) is 30.3 Å². The molecule has 2 N–H and O–H groups in total. The van der Waals surface area contributed by atoms with E-state index in [0.29, 0.717) is 23.0 Å². The van der Waals surface area contributed by atoms with E-state index in [1.807, 2.05) is 48.5 Å². The number of ether oxygens (including phenoxy) is 2. The van der Waals surface area contributed by atoms with Crippen molar-refractivity contribution in [2.75, 3.05) is 7.11 Å². The molecule has 22 heavy (non-hydrogen) atoms. The van der Waals surface area contributed by atoms with Gasteiger partial charge in [0, 0.05) is 10.1 Å². The molecule has 0 bridgehead atoms. The van der Waals surface area contributed by atoms with Crippen LogP contribution in [0.25, 0.3) is 10.1 Å². The maximum Gasteiger partial charge on any atom is 0.262 e. The average Bonchev–Trinajstić information content (AvgIpc) is 2.91. The first-order valence-corrected chi connectivity index (χ1v) is 7.57. The van der Waals surface area contributed by atoms with Crippen LogP contribution in [-0.2, 0) is 6.61 Å². The molecule has 3 aromatic rings. The van der Waals surface area contributed by atoms with Crippen LogP contribution >= 0.6 is 11.3 Å². The monoisotopic (exact) mass is 313 g/mol. The summed E-state index contributed by atoms with van der Waals surface area (Å²) in [6.07, 6.45) is 0. The minimum Gasteiger partial charge on any atom is -0.497 e. The summed E-state index contributed by atoms with van der Waals surface area (Å²) in [4.78, 5) is 12.1. The Bertz CT molecular complexity index is 811. The van der Waals surface area contributed by atoms with Crippen molar-refractivity contribution in [3.05, 3.63) is 59.0 Å². The topological polar surface area (TPSA) is 61.5 Å². The molecule has 0 aliphatic heterocycles. The van der Waals surface area contributed by atoms with Crippen LogP contribution in [0.15, 0.2) is 48.5 Å². The van der Waals surface area contributed by atoms with Gasteiger partial charge in [0.05, 0.1) is 7.11 Å². The van der Waals surface area contributed by atoms with Gasteiger partial charge in [0.15, 0.2) is 5.75 Å². The number of nitrogens with two attached hydrogens (primary N) is 1. The molecule has 0 fully saturated rings. The third kappa shape index (κ3) is 2.76. The normalized spacial score (nSPS) is 10.6. The summed E-state index contributed by atoms with van der Waals surface area (Å²) < 4.78 is 12.1. The number of benzene rings is 2. The maximum absolute atomic E-state index is 11.7. The quantitative estimate of drug-likeness (QED) is 0.783. The van der Waals surface area contributed by atoms with E-state index in [-0.39, 0.29) is 0 Å². The van der Waals surface area contributed by atoms with E-state index in [1.54, 1.807) is 7.11 Å². The van der Waals surface area contributed by atoms with Crippen molar-refractivity contribution in [3.63, 3.8) is 0 Å². The van der Waals surface area contributed by atoms with Crippen molar-refractivity contribution < 1.29 is 14.3 Å². The number of rotatable bonds is 5. The summed E-state index contributed by atoms with van der Waals surface area (Å²) in [6.45, 7) is 0.379. The summed E-state index contributed by atoms with van der Waals surface area (Å²) in [7, 11) is 1.60. The number of carbonyl (C=O) groups is 1. The number of primary amides is 1. The van der Waals surface area contributed by atoms with E-state index in [0.717, 1.165) is 15.6 Å². The lowest BCUT2D eigenvalue weighted by atomic mass is 10.2. The van der Waals surface area contributed by atoms with Gasteiger partial charge >= 0.3 is 0 Å². The summed E-state index contributed by atoms with van der Waals surface area (Å²) in [5.41, 5.74) is 6.51. The van der Waals surface area contributed by atoms with Gasteiger partial charge in [0.25, 0.3) is 5.91 Å². The Balaban J connectivity index is 2.01. The lowest BCUT2D eigenvalue weighted by molar-refractivity contribution is 0.100. The van der Waals surface area contributed by atoms with Crippen LogP contribution in [0.3, 0.4) is 0 Å². The molecule has 0 aliphatic carbocycles. The van der Waals surface area contributed by atoms with E-state index < -0.39 is 5.91 Å². The summed E-state index contributed by atoms with van der Waals surface area (Å²) in [5.74, 6) is 0.754. The Morgan fingerprint density at radius 2 is 1.95 bits per heavy atom. The Hall–Kier alpha value is -2.53. The fourth-order valence-corrected chi connectivity index (χ4v) is 3.20. The lowest BCUT2D eigenvalue weighted by Gasteiger charge is -2.07. The van der Waals surface area contributed by atoms with Crippen molar-refractivity contribution in [3.8, 4) is 11.5 Å². The second-order valence-corrected chi connectivity index (χ2v) is 5.81. The first-order valence-electron chi connectivity index (χ1n) is 6.76.